The van der Waals surface area contributed by atoms with E-state index in [2.05, 4.69) is 14.9 Å². The molecule has 4 N–H and O–H groups in total. The fourth-order valence-corrected chi connectivity index (χ4v) is 3.46. The molecule has 0 bridgehead atoms. The molecule has 0 aliphatic carbocycles. The maximum atomic E-state index is 11.6. The largest absolute Gasteiger partial charge is 0.480 e. The second kappa shape index (κ2) is 11.2. The molecule has 1 aromatic carbocycles. The van der Waals surface area contributed by atoms with Crippen molar-refractivity contribution in [2.24, 2.45) is 11.7 Å². The number of carbonyl (C=O) groups excluding carboxylic acids is 1. The van der Waals surface area contributed by atoms with Crippen LogP contribution in [0.15, 0.2) is 36.7 Å². The molecule has 1 aromatic heterocycles. The highest BCUT2D eigenvalue weighted by Gasteiger charge is 2.21. The van der Waals surface area contributed by atoms with Gasteiger partial charge in [0.1, 0.15) is 25.5 Å². The summed E-state index contributed by atoms with van der Waals surface area (Å²) in [7, 11) is 0. The molecule has 0 radical (unpaired) electrons. The normalized spacial score (nSPS) is 14.2. The Labute approximate surface area is 185 Å². The summed E-state index contributed by atoms with van der Waals surface area (Å²) in [6.07, 6.45) is 5.11. The Morgan fingerprint density at radius 2 is 1.91 bits per heavy atom. The number of nitrogens with zero attached hydrogens (tertiary/aromatic N) is 3. The fraction of sp³-hybridized carbons (Fsp3) is 0.409. The number of aliphatic carboxylic acids is 1. The zero-order valence-electron chi connectivity index (χ0n) is 17.7. The highest BCUT2D eigenvalue weighted by Crippen LogP contribution is 2.24. The lowest BCUT2D eigenvalue weighted by Gasteiger charge is -2.31. The number of hydrogen-bond acceptors (Lipinski definition) is 8. The summed E-state index contributed by atoms with van der Waals surface area (Å²) in [5, 5.41) is 15.8. The molecule has 1 saturated heterocycles. The molecule has 10 heteroatoms. The van der Waals surface area contributed by atoms with Crippen molar-refractivity contribution in [3.63, 3.8) is 0 Å². The minimum absolute atomic E-state index is 0.101. The topological polar surface area (TPSA) is 152 Å². The minimum Gasteiger partial charge on any atom is -0.480 e. The van der Waals surface area contributed by atoms with Gasteiger partial charge in [-0.1, -0.05) is 18.2 Å². The summed E-state index contributed by atoms with van der Waals surface area (Å²) in [6.45, 7) is 1.89. The highest BCUT2D eigenvalue weighted by atomic mass is 16.5. The van der Waals surface area contributed by atoms with E-state index in [4.69, 9.17) is 25.7 Å². The van der Waals surface area contributed by atoms with Gasteiger partial charge >= 0.3 is 11.9 Å². The molecule has 1 aliphatic heterocycles. The number of ether oxygens (including phenoxy) is 2. The van der Waals surface area contributed by atoms with Crippen LogP contribution in [0.5, 0.6) is 0 Å². The Kier molecular flexibility index (Phi) is 8.09. The second-order valence-corrected chi connectivity index (χ2v) is 7.67. The summed E-state index contributed by atoms with van der Waals surface area (Å²) in [4.78, 5) is 33.2. The minimum atomic E-state index is -0.949. The summed E-state index contributed by atoms with van der Waals surface area (Å²) in [5.41, 5.74) is 7.78. The Hall–Kier alpha value is -3.53. The third kappa shape index (κ3) is 7.02. The maximum Gasteiger partial charge on any atom is 0.329 e. The molecule has 0 unspecified atom stereocenters. The van der Waals surface area contributed by atoms with E-state index in [1.165, 1.54) is 0 Å². The summed E-state index contributed by atoms with van der Waals surface area (Å²) in [6, 6.07) is 7.56. The zero-order chi connectivity index (χ0) is 22.9. The van der Waals surface area contributed by atoms with Gasteiger partial charge in [0, 0.05) is 31.0 Å². The van der Waals surface area contributed by atoms with Crippen molar-refractivity contribution in [1.29, 1.82) is 5.41 Å². The molecule has 1 fully saturated rings. The van der Waals surface area contributed by atoms with Crippen molar-refractivity contribution in [2.45, 2.75) is 25.9 Å². The average Bonchev–Trinajstić information content (AvgIpc) is 2.78. The van der Waals surface area contributed by atoms with Gasteiger partial charge in [-0.15, -0.1) is 0 Å². The van der Waals surface area contributed by atoms with E-state index in [-0.39, 0.29) is 25.5 Å². The quantitative estimate of drug-likeness (QED) is 0.285. The Morgan fingerprint density at radius 1 is 1.19 bits per heavy atom. The number of piperidine rings is 1. The lowest BCUT2D eigenvalue weighted by molar-refractivity contribution is -0.144. The van der Waals surface area contributed by atoms with E-state index >= 15 is 0 Å². The fourth-order valence-electron chi connectivity index (χ4n) is 3.46. The van der Waals surface area contributed by atoms with Gasteiger partial charge in [0.05, 0.1) is 6.61 Å². The van der Waals surface area contributed by atoms with Crippen molar-refractivity contribution >= 4 is 23.7 Å². The van der Waals surface area contributed by atoms with E-state index in [0.717, 1.165) is 42.6 Å². The van der Waals surface area contributed by atoms with E-state index in [9.17, 15) is 9.59 Å². The molecule has 0 saturated carbocycles. The number of esters is 1. The SMILES string of the molecule is N=C(N)CC(=O)OCc1cccc(-c2cnc(N3CCC(COCC(=O)O)CC3)nc2)c1. The van der Waals surface area contributed by atoms with Crippen molar-refractivity contribution < 1.29 is 24.2 Å². The number of nitrogens with two attached hydrogens (primary N) is 1. The number of amidine groups is 1. The van der Waals surface area contributed by atoms with Crippen LogP contribution in [-0.4, -0.2) is 59.2 Å². The molecule has 0 amide bonds. The van der Waals surface area contributed by atoms with Gasteiger partial charge in [-0.25, -0.2) is 14.8 Å². The van der Waals surface area contributed by atoms with Crippen LogP contribution >= 0.6 is 0 Å². The van der Waals surface area contributed by atoms with Crippen molar-refractivity contribution in [1.82, 2.24) is 9.97 Å². The van der Waals surface area contributed by atoms with Gasteiger partial charge in [0.25, 0.3) is 0 Å². The number of aromatic nitrogens is 2. The van der Waals surface area contributed by atoms with Crippen LogP contribution in [-0.2, 0) is 25.7 Å². The molecule has 2 aromatic rings. The molecule has 2 heterocycles. The van der Waals surface area contributed by atoms with Gasteiger partial charge in [0.2, 0.25) is 5.95 Å². The van der Waals surface area contributed by atoms with Crippen LogP contribution in [0.4, 0.5) is 5.95 Å². The zero-order valence-corrected chi connectivity index (χ0v) is 17.7. The van der Waals surface area contributed by atoms with E-state index in [0.29, 0.717) is 18.5 Å². The number of benzene rings is 1. The van der Waals surface area contributed by atoms with Crippen molar-refractivity contribution in [3.05, 3.63) is 42.2 Å². The first-order valence-electron chi connectivity index (χ1n) is 10.3. The molecule has 170 valence electrons. The smallest absolute Gasteiger partial charge is 0.329 e. The van der Waals surface area contributed by atoms with Crippen LogP contribution < -0.4 is 10.6 Å². The number of nitrogens with one attached hydrogen (secondary N) is 1. The van der Waals surface area contributed by atoms with Gasteiger partial charge < -0.3 is 25.2 Å². The monoisotopic (exact) mass is 441 g/mol. The first kappa shape index (κ1) is 23.1. The van der Waals surface area contributed by atoms with Crippen LogP contribution in [0.1, 0.15) is 24.8 Å². The first-order valence-corrected chi connectivity index (χ1v) is 10.3. The summed E-state index contributed by atoms with van der Waals surface area (Å²) < 4.78 is 10.3. The van der Waals surface area contributed by atoms with E-state index < -0.39 is 11.9 Å². The van der Waals surface area contributed by atoms with Gasteiger partial charge in [-0.05, 0) is 36.0 Å². The van der Waals surface area contributed by atoms with Crippen LogP contribution in [0.25, 0.3) is 11.1 Å². The number of carboxylic acids is 1. The lowest BCUT2D eigenvalue weighted by Crippen LogP contribution is -2.36. The third-order valence-corrected chi connectivity index (χ3v) is 5.11. The summed E-state index contributed by atoms with van der Waals surface area (Å²) >= 11 is 0. The Bertz CT molecular complexity index is 942. The lowest BCUT2D eigenvalue weighted by atomic mass is 9.98. The van der Waals surface area contributed by atoms with Crippen LogP contribution in [0.3, 0.4) is 0 Å². The predicted molar refractivity (Wildman–Crippen MR) is 117 cm³/mol. The molecule has 3 rings (SSSR count). The highest BCUT2D eigenvalue weighted by molar-refractivity contribution is 5.94. The van der Waals surface area contributed by atoms with Crippen LogP contribution in [0, 0.1) is 11.3 Å². The number of anilines is 1. The Morgan fingerprint density at radius 3 is 2.56 bits per heavy atom. The van der Waals surface area contributed by atoms with Crippen molar-refractivity contribution in [3.8, 4) is 11.1 Å². The van der Waals surface area contributed by atoms with E-state index in [1.807, 2.05) is 24.3 Å². The molecule has 0 spiro atoms. The predicted octanol–water partition coefficient (Wildman–Crippen LogP) is 1.83. The molecular formula is C22H27N5O5. The van der Waals surface area contributed by atoms with Gasteiger partial charge in [-0.3, -0.25) is 10.2 Å². The van der Waals surface area contributed by atoms with Gasteiger partial charge in [-0.2, -0.15) is 0 Å². The summed E-state index contributed by atoms with van der Waals surface area (Å²) in [5.74, 6) is -0.704. The maximum absolute atomic E-state index is 11.6. The molecular weight excluding hydrogens is 414 g/mol. The third-order valence-electron chi connectivity index (χ3n) is 5.11. The standard InChI is InChI=1S/C22H27N5O5/c23-19(24)9-21(30)32-13-16-2-1-3-17(8-16)18-10-25-22(26-11-18)27-6-4-15(5-7-27)12-31-14-20(28)29/h1-3,8,10-11,15H,4-7,9,12-14H2,(H3,23,24)(H,28,29). The number of rotatable bonds is 10. The Balaban J connectivity index is 1.53. The molecule has 10 nitrogen and oxygen atoms in total. The van der Waals surface area contributed by atoms with Crippen LogP contribution in [0.2, 0.25) is 0 Å². The molecule has 0 atom stereocenters. The number of carbonyl (C=O) groups is 2. The second-order valence-electron chi connectivity index (χ2n) is 7.67. The molecule has 32 heavy (non-hydrogen) atoms. The molecule has 1 aliphatic rings. The van der Waals surface area contributed by atoms with E-state index in [1.54, 1.807) is 12.4 Å². The van der Waals surface area contributed by atoms with Crippen molar-refractivity contribution in [2.75, 3.05) is 31.2 Å². The first-order chi connectivity index (χ1) is 15.4. The average molecular weight is 441 g/mol. The number of carboxylic acid groups (broad SMARTS) is 1. The van der Waals surface area contributed by atoms with Gasteiger partial charge in [0.15, 0.2) is 0 Å². The number of hydrogen-bond donors (Lipinski definition) is 3.